The van der Waals surface area contributed by atoms with Crippen LogP contribution in [0, 0.1) is 0 Å². The molecule has 2 N–H and O–H groups in total. The van der Waals surface area contributed by atoms with Crippen LogP contribution in [-0.2, 0) is 0 Å². The van der Waals surface area contributed by atoms with Gasteiger partial charge in [0.15, 0.2) is 0 Å². The number of ether oxygens (including phenoxy) is 1. The van der Waals surface area contributed by atoms with Crippen molar-refractivity contribution in [3.05, 3.63) is 0 Å². The normalized spacial score (nSPS) is 19.1. The molecule has 0 aliphatic heterocycles. The molecule has 4 nitrogen and oxygen atoms in total. The highest BCUT2D eigenvalue weighted by molar-refractivity contribution is 7.16. The van der Waals surface area contributed by atoms with Crippen molar-refractivity contribution in [3.8, 4) is 5.19 Å². The first-order chi connectivity index (χ1) is 5.68. The average molecular weight is 189 g/mol. The van der Waals surface area contributed by atoms with Gasteiger partial charge in [-0.15, -0.1) is 5.10 Å². The molecule has 12 heavy (non-hydrogen) atoms. The molecule has 0 amide bonds. The summed E-state index contributed by atoms with van der Waals surface area (Å²) in [5, 5.41) is 7.82. The van der Waals surface area contributed by atoms with E-state index in [1.54, 1.807) is 0 Å². The Kier molecular flexibility index (Phi) is 1.64. The van der Waals surface area contributed by atoms with Gasteiger partial charge in [0.2, 0.25) is 5.13 Å². The van der Waals surface area contributed by atoms with Gasteiger partial charge < -0.3 is 10.5 Å². The molecular formula is C6H8FN3OS. The number of aromatic nitrogens is 2. The monoisotopic (exact) mass is 189 g/mol. The maximum atomic E-state index is 13.0. The van der Waals surface area contributed by atoms with Crippen LogP contribution in [0.5, 0.6) is 5.19 Å². The van der Waals surface area contributed by atoms with Crippen LogP contribution in [0.1, 0.15) is 12.8 Å². The van der Waals surface area contributed by atoms with Crippen molar-refractivity contribution in [1.29, 1.82) is 0 Å². The molecule has 1 fully saturated rings. The topological polar surface area (TPSA) is 61.0 Å². The first kappa shape index (κ1) is 7.72. The second kappa shape index (κ2) is 2.55. The van der Waals surface area contributed by atoms with Crippen LogP contribution in [0.4, 0.5) is 9.52 Å². The lowest BCUT2D eigenvalue weighted by Crippen LogP contribution is -2.13. The summed E-state index contributed by atoms with van der Waals surface area (Å²) in [4.78, 5) is 0. The third kappa shape index (κ3) is 1.63. The fourth-order valence-corrected chi connectivity index (χ4v) is 1.21. The van der Waals surface area contributed by atoms with Gasteiger partial charge in [-0.3, -0.25) is 0 Å². The first-order valence-corrected chi connectivity index (χ1v) is 4.40. The van der Waals surface area contributed by atoms with Crippen LogP contribution in [0.2, 0.25) is 0 Å². The minimum Gasteiger partial charge on any atom is -0.465 e. The Morgan fingerprint density at radius 1 is 1.58 bits per heavy atom. The van der Waals surface area contributed by atoms with E-state index in [1.165, 1.54) is 0 Å². The maximum absolute atomic E-state index is 13.0. The van der Waals surface area contributed by atoms with Crippen LogP contribution in [0.15, 0.2) is 0 Å². The van der Waals surface area contributed by atoms with Crippen molar-refractivity contribution in [2.75, 3.05) is 12.3 Å². The third-order valence-electron chi connectivity index (χ3n) is 1.67. The number of hydrogen-bond acceptors (Lipinski definition) is 5. The lowest BCUT2D eigenvalue weighted by molar-refractivity contribution is 0.176. The standard InChI is InChI=1S/C6H8FN3OS/c7-6(1-2-6)3-11-5-10-9-4(8)12-5/h1-3H2,(H2,8,9). The Hall–Kier alpha value is -0.910. The van der Waals surface area contributed by atoms with Crippen molar-refractivity contribution in [3.63, 3.8) is 0 Å². The van der Waals surface area contributed by atoms with Gasteiger partial charge in [0.05, 0.1) is 0 Å². The molecule has 1 aliphatic rings. The first-order valence-electron chi connectivity index (χ1n) is 3.59. The highest BCUT2D eigenvalue weighted by Crippen LogP contribution is 2.40. The largest absolute Gasteiger partial charge is 0.465 e. The Morgan fingerprint density at radius 3 is 2.83 bits per heavy atom. The number of nitrogen functional groups attached to an aromatic ring is 1. The summed E-state index contributed by atoms with van der Waals surface area (Å²) in [5.41, 5.74) is 4.19. The van der Waals surface area contributed by atoms with E-state index in [9.17, 15) is 4.39 Å². The Bertz CT molecular complexity index is 286. The number of rotatable bonds is 3. The minimum absolute atomic E-state index is 0.0711. The fourth-order valence-electron chi connectivity index (χ4n) is 0.750. The van der Waals surface area contributed by atoms with Gasteiger partial charge >= 0.3 is 0 Å². The Labute approximate surface area is 72.6 Å². The lowest BCUT2D eigenvalue weighted by atomic mass is 10.4. The summed E-state index contributed by atoms with van der Waals surface area (Å²) < 4.78 is 18.0. The van der Waals surface area contributed by atoms with E-state index in [0.29, 0.717) is 23.2 Å². The number of alkyl halides is 1. The number of nitrogens with two attached hydrogens (primary N) is 1. The minimum atomic E-state index is -1.11. The summed E-state index contributed by atoms with van der Waals surface area (Å²) in [5.74, 6) is 0. The van der Waals surface area contributed by atoms with Gasteiger partial charge in [0.1, 0.15) is 12.3 Å². The highest BCUT2D eigenvalue weighted by Gasteiger charge is 2.44. The Balaban J connectivity index is 1.87. The molecule has 0 bridgehead atoms. The fraction of sp³-hybridized carbons (Fsp3) is 0.667. The molecule has 1 heterocycles. The van der Waals surface area contributed by atoms with Crippen molar-refractivity contribution >= 4 is 16.5 Å². The molecule has 0 atom stereocenters. The van der Waals surface area contributed by atoms with Crippen molar-refractivity contribution in [2.24, 2.45) is 0 Å². The highest BCUT2D eigenvalue weighted by atomic mass is 32.1. The number of anilines is 1. The summed E-state index contributed by atoms with van der Waals surface area (Å²) in [6.45, 7) is 0.0711. The molecule has 0 aromatic carbocycles. The summed E-state index contributed by atoms with van der Waals surface area (Å²) in [6, 6.07) is 0. The molecule has 0 unspecified atom stereocenters. The number of halogens is 1. The number of nitrogens with zero attached hydrogens (tertiary/aromatic N) is 2. The smallest absolute Gasteiger partial charge is 0.295 e. The van der Waals surface area contributed by atoms with Gasteiger partial charge in [-0.25, -0.2) is 4.39 Å². The van der Waals surface area contributed by atoms with E-state index in [0.717, 1.165) is 11.3 Å². The quantitative estimate of drug-likeness (QED) is 0.770. The molecule has 1 aromatic heterocycles. The molecule has 2 rings (SSSR count). The zero-order valence-corrected chi connectivity index (χ0v) is 7.10. The zero-order valence-electron chi connectivity index (χ0n) is 6.29. The summed E-state index contributed by atoms with van der Waals surface area (Å²) in [6.07, 6.45) is 1.17. The van der Waals surface area contributed by atoms with Crippen molar-refractivity contribution in [2.45, 2.75) is 18.5 Å². The van der Waals surface area contributed by atoms with Crippen LogP contribution in [-0.4, -0.2) is 22.5 Å². The molecule has 1 aliphatic carbocycles. The van der Waals surface area contributed by atoms with Crippen LogP contribution in [0.25, 0.3) is 0 Å². The predicted molar refractivity (Wildman–Crippen MR) is 42.9 cm³/mol. The molecular weight excluding hydrogens is 181 g/mol. The van der Waals surface area contributed by atoms with Crippen LogP contribution in [0.3, 0.4) is 0 Å². The molecule has 1 saturated carbocycles. The SMILES string of the molecule is Nc1nnc(OCC2(F)CC2)s1. The summed E-state index contributed by atoms with van der Waals surface area (Å²) >= 11 is 1.12. The van der Waals surface area contributed by atoms with E-state index < -0.39 is 5.67 Å². The van der Waals surface area contributed by atoms with Gasteiger partial charge in [-0.2, -0.15) is 0 Å². The average Bonchev–Trinajstić information content (AvgIpc) is 2.60. The molecule has 0 radical (unpaired) electrons. The molecule has 0 saturated heterocycles. The van der Waals surface area contributed by atoms with Crippen molar-refractivity contribution in [1.82, 2.24) is 10.2 Å². The van der Waals surface area contributed by atoms with Gasteiger partial charge in [-0.05, 0) is 24.2 Å². The summed E-state index contributed by atoms with van der Waals surface area (Å²) in [7, 11) is 0. The zero-order chi connectivity index (χ0) is 8.60. The van der Waals surface area contributed by atoms with Gasteiger partial charge in [0, 0.05) is 0 Å². The van der Waals surface area contributed by atoms with Crippen LogP contribution < -0.4 is 10.5 Å². The van der Waals surface area contributed by atoms with Crippen molar-refractivity contribution < 1.29 is 9.13 Å². The van der Waals surface area contributed by atoms with E-state index in [1.807, 2.05) is 0 Å². The predicted octanol–water partition coefficient (Wildman–Crippen LogP) is 1.00. The van der Waals surface area contributed by atoms with E-state index in [4.69, 9.17) is 10.5 Å². The van der Waals surface area contributed by atoms with E-state index in [2.05, 4.69) is 10.2 Å². The third-order valence-corrected chi connectivity index (χ3v) is 2.33. The molecule has 1 aromatic rings. The van der Waals surface area contributed by atoms with E-state index in [-0.39, 0.29) is 6.61 Å². The lowest BCUT2D eigenvalue weighted by Gasteiger charge is -2.03. The molecule has 66 valence electrons. The second-order valence-corrected chi connectivity index (χ2v) is 3.82. The van der Waals surface area contributed by atoms with E-state index >= 15 is 0 Å². The molecule has 0 spiro atoms. The van der Waals surface area contributed by atoms with Gasteiger partial charge in [-0.1, -0.05) is 5.10 Å². The van der Waals surface area contributed by atoms with Gasteiger partial charge in [0.25, 0.3) is 5.19 Å². The van der Waals surface area contributed by atoms with Crippen LogP contribution >= 0.6 is 11.3 Å². The maximum Gasteiger partial charge on any atom is 0.295 e. The second-order valence-electron chi connectivity index (χ2n) is 2.85. The Morgan fingerprint density at radius 2 is 2.33 bits per heavy atom. The number of hydrogen-bond donors (Lipinski definition) is 1. The molecule has 6 heteroatoms.